The normalized spacial score (nSPS) is 16.7. The summed E-state index contributed by atoms with van der Waals surface area (Å²) in [5, 5.41) is 3.93. The Morgan fingerprint density at radius 3 is 2.61 bits per heavy atom. The van der Waals surface area contributed by atoms with Gasteiger partial charge >= 0.3 is 0 Å². The first-order valence-electron chi connectivity index (χ1n) is 6.28. The van der Waals surface area contributed by atoms with E-state index in [2.05, 4.69) is 5.32 Å². The van der Waals surface area contributed by atoms with E-state index in [0.29, 0.717) is 5.02 Å². The Bertz CT molecular complexity index is 439. The van der Waals surface area contributed by atoms with Gasteiger partial charge in [-0.05, 0) is 31.5 Å². The summed E-state index contributed by atoms with van der Waals surface area (Å²) in [7, 11) is 0. The van der Waals surface area contributed by atoms with Gasteiger partial charge in [0.2, 0.25) is 5.91 Å². The van der Waals surface area contributed by atoms with Crippen LogP contribution >= 0.6 is 11.6 Å². The molecular weight excluding hydrogens is 248 g/mol. The molecule has 0 aliphatic carbocycles. The molecule has 1 aliphatic rings. The zero-order valence-corrected chi connectivity index (χ0v) is 11.6. The van der Waals surface area contributed by atoms with Gasteiger partial charge in [-0.3, -0.25) is 4.79 Å². The summed E-state index contributed by atoms with van der Waals surface area (Å²) in [5.74, 6) is 0.172. The fourth-order valence-electron chi connectivity index (χ4n) is 2.26. The van der Waals surface area contributed by atoms with Gasteiger partial charge in [0, 0.05) is 31.2 Å². The van der Waals surface area contributed by atoms with Gasteiger partial charge in [-0.1, -0.05) is 23.7 Å². The van der Waals surface area contributed by atoms with E-state index in [1.165, 1.54) is 0 Å². The molecule has 1 N–H and O–H groups in total. The topological polar surface area (TPSA) is 32.3 Å². The molecule has 0 radical (unpaired) electrons. The SMILES string of the molecule is CC(C)(C(=O)N1CCNCC1)c1cccc(Cl)c1. The number of nitrogens with one attached hydrogen (secondary N) is 1. The van der Waals surface area contributed by atoms with E-state index in [1.807, 2.05) is 43.0 Å². The molecule has 0 bridgehead atoms. The second-order valence-corrected chi connectivity index (χ2v) is 5.61. The van der Waals surface area contributed by atoms with E-state index < -0.39 is 5.41 Å². The van der Waals surface area contributed by atoms with Crippen LogP contribution in [0.5, 0.6) is 0 Å². The van der Waals surface area contributed by atoms with Crippen LogP contribution in [0.2, 0.25) is 5.02 Å². The van der Waals surface area contributed by atoms with Crippen LogP contribution in [0, 0.1) is 0 Å². The second kappa shape index (κ2) is 5.29. The van der Waals surface area contributed by atoms with Crippen molar-refractivity contribution in [1.82, 2.24) is 10.2 Å². The van der Waals surface area contributed by atoms with Crippen molar-refractivity contribution < 1.29 is 4.79 Å². The first-order chi connectivity index (χ1) is 8.51. The van der Waals surface area contributed by atoms with E-state index in [4.69, 9.17) is 11.6 Å². The Hall–Kier alpha value is -1.06. The lowest BCUT2D eigenvalue weighted by molar-refractivity contribution is -0.136. The molecule has 1 amide bonds. The highest BCUT2D eigenvalue weighted by atomic mass is 35.5. The highest BCUT2D eigenvalue weighted by Gasteiger charge is 2.34. The monoisotopic (exact) mass is 266 g/mol. The highest BCUT2D eigenvalue weighted by molar-refractivity contribution is 6.30. The lowest BCUT2D eigenvalue weighted by Gasteiger charge is -2.35. The van der Waals surface area contributed by atoms with E-state index in [-0.39, 0.29) is 5.91 Å². The Kier molecular flexibility index (Phi) is 3.93. The highest BCUT2D eigenvalue weighted by Crippen LogP contribution is 2.27. The Balaban J connectivity index is 2.21. The van der Waals surface area contributed by atoms with E-state index >= 15 is 0 Å². The molecule has 0 saturated carbocycles. The molecule has 18 heavy (non-hydrogen) atoms. The van der Waals surface area contributed by atoms with Gasteiger partial charge in [0.05, 0.1) is 5.41 Å². The predicted molar refractivity (Wildman–Crippen MR) is 73.9 cm³/mol. The van der Waals surface area contributed by atoms with Crippen LogP contribution in [0.4, 0.5) is 0 Å². The third kappa shape index (κ3) is 2.68. The van der Waals surface area contributed by atoms with Crippen molar-refractivity contribution in [3.63, 3.8) is 0 Å². The molecule has 1 aliphatic heterocycles. The van der Waals surface area contributed by atoms with E-state index in [0.717, 1.165) is 31.7 Å². The number of amides is 1. The molecule has 2 rings (SSSR count). The zero-order valence-electron chi connectivity index (χ0n) is 10.9. The molecule has 98 valence electrons. The van der Waals surface area contributed by atoms with Crippen LogP contribution in [-0.4, -0.2) is 37.0 Å². The molecule has 1 aromatic carbocycles. The molecule has 1 saturated heterocycles. The maximum atomic E-state index is 12.6. The molecule has 0 atom stereocenters. The van der Waals surface area contributed by atoms with Crippen LogP contribution in [0.25, 0.3) is 0 Å². The molecule has 0 unspecified atom stereocenters. The summed E-state index contributed by atoms with van der Waals surface area (Å²) in [6.07, 6.45) is 0. The van der Waals surface area contributed by atoms with Crippen molar-refractivity contribution in [3.8, 4) is 0 Å². The standard InChI is InChI=1S/C14H19ClN2O/c1-14(2,11-4-3-5-12(15)10-11)13(18)17-8-6-16-7-9-17/h3-5,10,16H,6-9H2,1-2H3. The van der Waals surface area contributed by atoms with Gasteiger partial charge in [0.15, 0.2) is 0 Å². The Morgan fingerprint density at radius 2 is 2.00 bits per heavy atom. The Morgan fingerprint density at radius 1 is 1.33 bits per heavy atom. The summed E-state index contributed by atoms with van der Waals surface area (Å²) < 4.78 is 0. The largest absolute Gasteiger partial charge is 0.339 e. The number of piperazine rings is 1. The molecule has 1 heterocycles. The summed E-state index contributed by atoms with van der Waals surface area (Å²) in [4.78, 5) is 14.5. The van der Waals surface area contributed by atoms with Gasteiger partial charge in [0.1, 0.15) is 0 Å². The number of carbonyl (C=O) groups is 1. The third-order valence-electron chi connectivity index (χ3n) is 3.49. The summed E-state index contributed by atoms with van der Waals surface area (Å²) >= 11 is 6.01. The second-order valence-electron chi connectivity index (χ2n) is 5.18. The number of hydrogen-bond donors (Lipinski definition) is 1. The lowest BCUT2D eigenvalue weighted by Crippen LogP contribution is -2.51. The predicted octanol–water partition coefficient (Wildman–Crippen LogP) is 2.05. The molecular formula is C14H19ClN2O. The van der Waals surface area contributed by atoms with Gasteiger partial charge in [0.25, 0.3) is 0 Å². The van der Waals surface area contributed by atoms with Crippen LogP contribution in [-0.2, 0) is 10.2 Å². The van der Waals surface area contributed by atoms with Crippen molar-refractivity contribution in [2.24, 2.45) is 0 Å². The molecule has 3 nitrogen and oxygen atoms in total. The van der Waals surface area contributed by atoms with Crippen LogP contribution < -0.4 is 5.32 Å². The maximum absolute atomic E-state index is 12.6. The summed E-state index contributed by atoms with van der Waals surface area (Å²) in [6.45, 7) is 7.23. The molecule has 0 spiro atoms. The van der Waals surface area contributed by atoms with Gasteiger partial charge < -0.3 is 10.2 Å². The van der Waals surface area contributed by atoms with E-state index in [1.54, 1.807) is 0 Å². The first-order valence-corrected chi connectivity index (χ1v) is 6.66. The van der Waals surface area contributed by atoms with Gasteiger partial charge in [-0.15, -0.1) is 0 Å². The Labute approximate surface area is 113 Å². The quantitative estimate of drug-likeness (QED) is 0.889. The minimum absolute atomic E-state index is 0.172. The minimum Gasteiger partial charge on any atom is -0.339 e. The molecule has 1 fully saturated rings. The third-order valence-corrected chi connectivity index (χ3v) is 3.72. The molecule has 4 heteroatoms. The fourth-order valence-corrected chi connectivity index (χ4v) is 2.45. The number of nitrogens with zero attached hydrogens (tertiary/aromatic N) is 1. The zero-order chi connectivity index (χ0) is 13.2. The maximum Gasteiger partial charge on any atom is 0.232 e. The van der Waals surface area contributed by atoms with Crippen molar-refractivity contribution in [2.75, 3.05) is 26.2 Å². The van der Waals surface area contributed by atoms with E-state index in [9.17, 15) is 4.79 Å². The van der Waals surface area contributed by atoms with Gasteiger partial charge in [-0.25, -0.2) is 0 Å². The smallest absolute Gasteiger partial charge is 0.232 e. The number of rotatable bonds is 2. The average molecular weight is 267 g/mol. The number of carbonyl (C=O) groups excluding carboxylic acids is 1. The number of hydrogen-bond acceptors (Lipinski definition) is 2. The minimum atomic E-state index is -0.526. The molecule has 0 aromatic heterocycles. The van der Waals surface area contributed by atoms with Crippen molar-refractivity contribution in [2.45, 2.75) is 19.3 Å². The number of halogens is 1. The molecule has 1 aromatic rings. The van der Waals surface area contributed by atoms with Crippen LogP contribution in [0.15, 0.2) is 24.3 Å². The lowest BCUT2D eigenvalue weighted by atomic mass is 9.83. The van der Waals surface area contributed by atoms with Crippen molar-refractivity contribution in [3.05, 3.63) is 34.9 Å². The fraction of sp³-hybridized carbons (Fsp3) is 0.500. The van der Waals surface area contributed by atoms with Crippen LogP contribution in [0.1, 0.15) is 19.4 Å². The van der Waals surface area contributed by atoms with Crippen molar-refractivity contribution in [1.29, 1.82) is 0 Å². The summed E-state index contributed by atoms with van der Waals surface area (Å²) in [6, 6.07) is 7.56. The average Bonchev–Trinajstić information content (AvgIpc) is 2.39. The van der Waals surface area contributed by atoms with Gasteiger partial charge in [-0.2, -0.15) is 0 Å². The van der Waals surface area contributed by atoms with Crippen molar-refractivity contribution >= 4 is 17.5 Å². The summed E-state index contributed by atoms with van der Waals surface area (Å²) in [5.41, 5.74) is 0.445. The first kappa shape index (κ1) is 13.4. The van der Waals surface area contributed by atoms with Crippen LogP contribution in [0.3, 0.4) is 0 Å². The number of benzene rings is 1.